The maximum absolute atomic E-state index is 11.5. The predicted molar refractivity (Wildman–Crippen MR) is 49.4 cm³/mol. The van der Waals surface area contributed by atoms with Gasteiger partial charge in [0.05, 0.1) is 5.51 Å². The lowest BCUT2D eigenvalue weighted by Gasteiger charge is -2.16. The Bertz CT molecular complexity index is 242. The molecule has 1 rings (SSSR count). The van der Waals surface area contributed by atoms with Gasteiger partial charge in [0.2, 0.25) is 0 Å². The number of hydrogen-bond donors (Lipinski definition) is 0. The van der Waals surface area contributed by atoms with Gasteiger partial charge in [-0.2, -0.15) is 0 Å². The highest BCUT2D eigenvalue weighted by molar-refractivity contribution is 7.07. The van der Waals surface area contributed by atoms with Gasteiger partial charge < -0.3 is 4.90 Å². The molecule has 0 fully saturated rings. The molecule has 12 heavy (non-hydrogen) atoms. The van der Waals surface area contributed by atoms with Crippen LogP contribution in [0.1, 0.15) is 24.3 Å². The van der Waals surface area contributed by atoms with Crippen molar-refractivity contribution in [1.82, 2.24) is 9.88 Å². The van der Waals surface area contributed by atoms with Gasteiger partial charge in [-0.15, -0.1) is 11.3 Å². The standard InChI is InChI=1S/C8H12N2OS/c1-3-10(4-2)8(11)7-5-12-6-9-7/h5-6H,3-4H2,1-2H3. The zero-order chi connectivity index (χ0) is 8.97. The van der Waals surface area contributed by atoms with E-state index < -0.39 is 0 Å². The number of hydrogen-bond acceptors (Lipinski definition) is 3. The van der Waals surface area contributed by atoms with Crippen LogP contribution in [0.15, 0.2) is 10.9 Å². The van der Waals surface area contributed by atoms with Crippen LogP contribution in [-0.2, 0) is 0 Å². The van der Waals surface area contributed by atoms with Crippen molar-refractivity contribution >= 4 is 17.2 Å². The molecule has 3 nitrogen and oxygen atoms in total. The summed E-state index contributed by atoms with van der Waals surface area (Å²) in [5.74, 6) is 0.0289. The third-order valence-electron chi connectivity index (χ3n) is 1.70. The molecule has 1 aromatic rings. The molecule has 0 aliphatic rings. The SMILES string of the molecule is CCN(CC)C(=O)c1cscn1. The van der Waals surface area contributed by atoms with E-state index in [0.717, 1.165) is 13.1 Å². The van der Waals surface area contributed by atoms with Crippen LogP contribution < -0.4 is 0 Å². The Morgan fingerprint density at radius 3 is 2.67 bits per heavy atom. The van der Waals surface area contributed by atoms with Crippen LogP contribution in [0.25, 0.3) is 0 Å². The maximum atomic E-state index is 11.5. The Kier molecular flexibility index (Phi) is 3.22. The molecule has 1 aromatic heterocycles. The molecule has 0 unspecified atom stereocenters. The van der Waals surface area contributed by atoms with Gasteiger partial charge in [-0.3, -0.25) is 4.79 Å². The van der Waals surface area contributed by atoms with Gasteiger partial charge >= 0.3 is 0 Å². The minimum atomic E-state index is 0.0289. The number of nitrogens with zero attached hydrogens (tertiary/aromatic N) is 2. The largest absolute Gasteiger partial charge is 0.338 e. The summed E-state index contributed by atoms with van der Waals surface area (Å²) in [6.07, 6.45) is 0. The fourth-order valence-corrected chi connectivity index (χ4v) is 1.52. The highest BCUT2D eigenvalue weighted by Crippen LogP contribution is 2.04. The summed E-state index contributed by atoms with van der Waals surface area (Å²) in [4.78, 5) is 17.3. The fourth-order valence-electron chi connectivity index (χ4n) is 0.991. The first-order valence-corrected chi connectivity index (χ1v) is 4.91. The third-order valence-corrected chi connectivity index (χ3v) is 2.29. The number of aromatic nitrogens is 1. The molecule has 1 amide bonds. The van der Waals surface area contributed by atoms with Gasteiger partial charge in [0.1, 0.15) is 5.69 Å². The quantitative estimate of drug-likeness (QED) is 0.715. The van der Waals surface area contributed by atoms with Crippen LogP contribution in [0.3, 0.4) is 0 Å². The van der Waals surface area contributed by atoms with Crippen LogP contribution in [0.5, 0.6) is 0 Å². The minimum absolute atomic E-state index is 0.0289. The van der Waals surface area contributed by atoms with Crippen LogP contribution in [0.2, 0.25) is 0 Å². The number of carbonyl (C=O) groups is 1. The Labute approximate surface area is 76.0 Å². The molecule has 0 aromatic carbocycles. The van der Waals surface area contributed by atoms with E-state index in [1.54, 1.807) is 15.8 Å². The average molecular weight is 184 g/mol. The van der Waals surface area contributed by atoms with Gasteiger partial charge in [-0.25, -0.2) is 4.98 Å². The number of carbonyl (C=O) groups excluding carboxylic acids is 1. The molecule has 1 heterocycles. The average Bonchev–Trinajstić information content (AvgIpc) is 2.58. The molecule has 0 saturated heterocycles. The molecule has 0 atom stereocenters. The molecule has 0 bridgehead atoms. The Hall–Kier alpha value is -0.900. The molecule has 0 radical (unpaired) electrons. The lowest BCUT2D eigenvalue weighted by molar-refractivity contribution is 0.0768. The van der Waals surface area contributed by atoms with E-state index in [9.17, 15) is 4.79 Å². The Morgan fingerprint density at radius 1 is 1.58 bits per heavy atom. The molecule has 4 heteroatoms. The fraction of sp³-hybridized carbons (Fsp3) is 0.500. The molecule has 0 spiro atoms. The van der Waals surface area contributed by atoms with E-state index in [0.29, 0.717) is 5.69 Å². The van der Waals surface area contributed by atoms with Crippen LogP contribution in [0, 0.1) is 0 Å². The highest BCUT2D eigenvalue weighted by Gasteiger charge is 2.13. The van der Waals surface area contributed by atoms with Crippen molar-refractivity contribution in [2.75, 3.05) is 13.1 Å². The number of amides is 1. The molecular weight excluding hydrogens is 172 g/mol. The molecular formula is C8H12N2OS. The topological polar surface area (TPSA) is 33.2 Å². The first kappa shape index (κ1) is 9.19. The van der Waals surface area contributed by atoms with Crippen LogP contribution in [0.4, 0.5) is 0 Å². The Balaban J connectivity index is 2.70. The van der Waals surface area contributed by atoms with E-state index >= 15 is 0 Å². The summed E-state index contributed by atoms with van der Waals surface area (Å²) < 4.78 is 0. The van der Waals surface area contributed by atoms with Gasteiger partial charge in [0.15, 0.2) is 0 Å². The summed E-state index contributed by atoms with van der Waals surface area (Å²) in [6, 6.07) is 0. The summed E-state index contributed by atoms with van der Waals surface area (Å²) >= 11 is 1.45. The van der Waals surface area contributed by atoms with Gasteiger partial charge in [-0.05, 0) is 13.8 Å². The molecule has 0 saturated carbocycles. The van der Waals surface area contributed by atoms with Crippen molar-refractivity contribution in [1.29, 1.82) is 0 Å². The lowest BCUT2D eigenvalue weighted by Crippen LogP contribution is -2.30. The summed E-state index contributed by atoms with van der Waals surface area (Å²) in [7, 11) is 0. The second-order valence-electron chi connectivity index (χ2n) is 2.35. The van der Waals surface area contributed by atoms with Crippen molar-refractivity contribution < 1.29 is 4.79 Å². The van der Waals surface area contributed by atoms with Crippen molar-refractivity contribution in [3.05, 3.63) is 16.6 Å². The zero-order valence-corrected chi connectivity index (χ0v) is 8.10. The van der Waals surface area contributed by atoms with Crippen LogP contribution in [-0.4, -0.2) is 28.9 Å². The molecule has 0 aliphatic carbocycles. The number of rotatable bonds is 3. The van der Waals surface area contributed by atoms with Gasteiger partial charge in [0, 0.05) is 18.5 Å². The summed E-state index contributed by atoms with van der Waals surface area (Å²) in [5.41, 5.74) is 2.24. The normalized spacial score (nSPS) is 9.83. The summed E-state index contributed by atoms with van der Waals surface area (Å²) in [5, 5.41) is 1.78. The third kappa shape index (κ3) is 1.82. The second kappa shape index (κ2) is 4.21. The van der Waals surface area contributed by atoms with E-state index in [4.69, 9.17) is 0 Å². The number of thiazole rings is 1. The zero-order valence-electron chi connectivity index (χ0n) is 7.28. The Morgan fingerprint density at radius 2 is 2.25 bits per heavy atom. The van der Waals surface area contributed by atoms with Crippen molar-refractivity contribution in [3.8, 4) is 0 Å². The highest BCUT2D eigenvalue weighted by atomic mass is 32.1. The first-order valence-electron chi connectivity index (χ1n) is 3.97. The van der Waals surface area contributed by atoms with Crippen molar-refractivity contribution in [3.63, 3.8) is 0 Å². The molecule has 0 aliphatic heterocycles. The van der Waals surface area contributed by atoms with Crippen LogP contribution >= 0.6 is 11.3 Å². The monoisotopic (exact) mass is 184 g/mol. The van der Waals surface area contributed by atoms with E-state index in [-0.39, 0.29) is 5.91 Å². The van der Waals surface area contributed by atoms with E-state index in [1.807, 2.05) is 13.8 Å². The first-order chi connectivity index (χ1) is 5.79. The van der Waals surface area contributed by atoms with Crippen molar-refractivity contribution in [2.24, 2.45) is 0 Å². The second-order valence-corrected chi connectivity index (χ2v) is 3.07. The van der Waals surface area contributed by atoms with Gasteiger partial charge in [-0.1, -0.05) is 0 Å². The predicted octanol–water partition coefficient (Wildman–Crippen LogP) is 1.63. The van der Waals surface area contributed by atoms with E-state index in [1.165, 1.54) is 11.3 Å². The molecule has 0 N–H and O–H groups in total. The lowest BCUT2D eigenvalue weighted by atomic mass is 10.4. The summed E-state index contributed by atoms with van der Waals surface area (Å²) in [6.45, 7) is 5.42. The minimum Gasteiger partial charge on any atom is -0.338 e. The smallest absolute Gasteiger partial charge is 0.273 e. The maximum Gasteiger partial charge on any atom is 0.273 e. The van der Waals surface area contributed by atoms with Gasteiger partial charge in [0.25, 0.3) is 5.91 Å². The van der Waals surface area contributed by atoms with Crippen molar-refractivity contribution in [2.45, 2.75) is 13.8 Å². The van der Waals surface area contributed by atoms with E-state index in [2.05, 4.69) is 4.98 Å². The molecule has 66 valence electrons.